The van der Waals surface area contributed by atoms with Gasteiger partial charge in [0.25, 0.3) is 0 Å². The van der Waals surface area contributed by atoms with Gasteiger partial charge in [0, 0.05) is 12.2 Å². The van der Waals surface area contributed by atoms with E-state index in [1.54, 1.807) is 6.92 Å². The van der Waals surface area contributed by atoms with Crippen LogP contribution in [0.5, 0.6) is 0 Å². The number of piperidine rings is 1. The number of hydrogen-bond donors (Lipinski definition) is 0. The molecule has 0 bridgehead atoms. The largest absolute Gasteiger partial charge is 0.466 e. The first-order chi connectivity index (χ1) is 11.2. The third-order valence-electron chi connectivity index (χ3n) is 3.89. The molecule has 0 aliphatic carbocycles. The summed E-state index contributed by atoms with van der Waals surface area (Å²) in [5, 5.41) is 3.63. The maximum Gasteiger partial charge on any atom is 0.435 e. The van der Waals surface area contributed by atoms with Crippen LogP contribution in [0.1, 0.15) is 50.2 Å². The van der Waals surface area contributed by atoms with Gasteiger partial charge in [-0.3, -0.25) is 9.59 Å². The second-order valence-corrected chi connectivity index (χ2v) is 5.66. The second kappa shape index (κ2) is 7.23. The van der Waals surface area contributed by atoms with Gasteiger partial charge in [0.15, 0.2) is 5.69 Å². The third-order valence-corrected chi connectivity index (χ3v) is 3.89. The standard InChI is InChI=1S/C15H20F3N3O3/c1-3-24-14(23)9-13(22)20-7-5-4-6-12(20)21-10(2)8-11(19-21)15(16,17)18/h8,12H,3-7,9H2,1-2H3. The van der Waals surface area contributed by atoms with Gasteiger partial charge in [-0.2, -0.15) is 18.3 Å². The molecular formula is C15H20F3N3O3. The van der Waals surface area contributed by atoms with Crippen molar-refractivity contribution in [3.8, 4) is 0 Å². The van der Waals surface area contributed by atoms with Crippen molar-refractivity contribution in [2.75, 3.05) is 13.2 Å². The van der Waals surface area contributed by atoms with Crippen molar-refractivity contribution in [2.45, 2.75) is 51.9 Å². The molecule has 1 aromatic rings. The van der Waals surface area contributed by atoms with Gasteiger partial charge in [-0.25, -0.2) is 4.68 Å². The second-order valence-electron chi connectivity index (χ2n) is 5.66. The Morgan fingerprint density at radius 3 is 2.67 bits per heavy atom. The molecule has 134 valence electrons. The predicted molar refractivity (Wildman–Crippen MR) is 77.8 cm³/mol. The maximum absolute atomic E-state index is 12.8. The van der Waals surface area contributed by atoms with Crippen molar-refractivity contribution in [2.24, 2.45) is 0 Å². The van der Waals surface area contributed by atoms with Gasteiger partial charge >= 0.3 is 12.1 Å². The molecule has 1 aliphatic heterocycles. The van der Waals surface area contributed by atoms with Gasteiger partial charge in [0.2, 0.25) is 5.91 Å². The van der Waals surface area contributed by atoms with Crippen LogP contribution in [0.15, 0.2) is 6.07 Å². The minimum absolute atomic E-state index is 0.169. The molecule has 2 heterocycles. The average molecular weight is 347 g/mol. The van der Waals surface area contributed by atoms with Crippen molar-refractivity contribution in [1.29, 1.82) is 0 Å². The molecule has 0 spiro atoms. The Bertz CT molecular complexity index is 613. The van der Waals surface area contributed by atoms with Crippen LogP contribution in [-0.2, 0) is 20.5 Å². The van der Waals surface area contributed by atoms with Crippen molar-refractivity contribution < 1.29 is 27.5 Å². The van der Waals surface area contributed by atoms with Crippen molar-refractivity contribution in [1.82, 2.24) is 14.7 Å². The summed E-state index contributed by atoms with van der Waals surface area (Å²) < 4.78 is 44.5. The molecular weight excluding hydrogens is 327 g/mol. The van der Waals surface area contributed by atoms with E-state index in [0.29, 0.717) is 18.7 Å². The monoisotopic (exact) mass is 347 g/mol. The summed E-state index contributed by atoms with van der Waals surface area (Å²) in [6.07, 6.45) is -3.57. The molecule has 1 saturated heterocycles. The lowest BCUT2D eigenvalue weighted by atomic mass is 10.1. The lowest BCUT2D eigenvalue weighted by molar-refractivity contribution is -0.151. The number of carbonyl (C=O) groups excluding carboxylic acids is 2. The molecule has 0 aromatic carbocycles. The van der Waals surface area contributed by atoms with E-state index in [-0.39, 0.29) is 6.61 Å². The summed E-state index contributed by atoms with van der Waals surface area (Å²) in [5.41, 5.74) is -0.661. The Morgan fingerprint density at radius 2 is 2.08 bits per heavy atom. The number of alkyl halides is 3. The topological polar surface area (TPSA) is 64.4 Å². The van der Waals surface area contributed by atoms with Crippen molar-refractivity contribution in [3.05, 3.63) is 17.5 Å². The molecule has 9 heteroatoms. The Balaban J connectivity index is 2.22. The van der Waals surface area contributed by atoms with Crippen LogP contribution in [0.3, 0.4) is 0 Å². The summed E-state index contributed by atoms with van der Waals surface area (Å²) in [4.78, 5) is 25.3. The Hall–Kier alpha value is -2.06. The number of amides is 1. The Morgan fingerprint density at radius 1 is 1.38 bits per heavy atom. The van der Waals surface area contributed by atoms with E-state index in [2.05, 4.69) is 5.10 Å². The molecule has 1 fully saturated rings. The number of ether oxygens (including phenoxy) is 1. The first-order valence-electron chi connectivity index (χ1n) is 7.82. The molecule has 0 radical (unpaired) electrons. The highest BCUT2D eigenvalue weighted by atomic mass is 19.4. The molecule has 1 aliphatic rings. The predicted octanol–water partition coefficient (Wildman–Crippen LogP) is 2.67. The molecule has 24 heavy (non-hydrogen) atoms. The Kier molecular flexibility index (Phi) is 5.51. The maximum atomic E-state index is 12.8. The smallest absolute Gasteiger partial charge is 0.435 e. The highest BCUT2D eigenvalue weighted by Crippen LogP contribution is 2.32. The fourth-order valence-corrected chi connectivity index (χ4v) is 2.82. The van der Waals surface area contributed by atoms with Gasteiger partial charge < -0.3 is 9.64 Å². The molecule has 2 rings (SSSR count). The fraction of sp³-hybridized carbons (Fsp3) is 0.667. The number of aryl methyl sites for hydroxylation is 1. The summed E-state index contributed by atoms with van der Waals surface area (Å²) in [7, 11) is 0. The SMILES string of the molecule is CCOC(=O)CC(=O)N1CCCCC1n1nc(C(F)(F)F)cc1C. The number of likely N-dealkylation sites (tertiary alicyclic amines) is 1. The third kappa shape index (κ3) is 4.07. The van der Waals surface area contributed by atoms with Crippen LogP contribution in [0, 0.1) is 6.92 Å². The number of rotatable bonds is 4. The molecule has 1 atom stereocenters. The molecule has 0 N–H and O–H groups in total. The van der Waals surface area contributed by atoms with Crippen molar-refractivity contribution in [3.63, 3.8) is 0 Å². The molecule has 6 nitrogen and oxygen atoms in total. The zero-order chi connectivity index (χ0) is 17.9. The van der Waals surface area contributed by atoms with Gasteiger partial charge in [-0.05, 0) is 39.2 Å². The number of aromatic nitrogens is 2. The molecule has 0 saturated carbocycles. The zero-order valence-corrected chi connectivity index (χ0v) is 13.6. The van der Waals surface area contributed by atoms with Crippen LogP contribution in [-0.4, -0.2) is 39.7 Å². The van der Waals surface area contributed by atoms with E-state index in [4.69, 9.17) is 4.74 Å². The highest BCUT2D eigenvalue weighted by Gasteiger charge is 2.37. The van der Waals surface area contributed by atoms with Crippen LogP contribution in [0.2, 0.25) is 0 Å². The number of carbonyl (C=O) groups is 2. The first kappa shape index (κ1) is 18.3. The zero-order valence-electron chi connectivity index (χ0n) is 13.6. The van der Waals surface area contributed by atoms with Crippen LogP contribution >= 0.6 is 0 Å². The van der Waals surface area contributed by atoms with Crippen LogP contribution in [0.25, 0.3) is 0 Å². The molecule has 1 amide bonds. The number of halogens is 3. The van der Waals surface area contributed by atoms with E-state index in [9.17, 15) is 22.8 Å². The van der Waals surface area contributed by atoms with Gasteiger partial charge in [-0.15, -0.1) is 0 Å². The minimum atomic E-state index is -4.54. The average Bonchev–Trinajstić information content (AvgIpc) is 2.89. The fourth-order valence-electron chi connectivity index (χ4n) is 2.82. The lowest BCUT2D eigenvalue weighted by Crippen LogP contribution is -2.42. The molecule has 1 unspecified atom stereocenters. The number of hydrogen-bond acceptors (Lipinski definition) is 4. The summed E-state index contributed by atoms with van der Waals surface area (Å²) in [6, 6.07) is 0.961. The lowest BCUT2D eigenvalue weighted by Gasteiger charge is -2.36. The van der Waals surface area contributed by atoms with Gasteiger partial charge in [0.05, 0.1) is 6.61 Å². The van der Waals surface area contributed by atoms with E-state index >= 15 is 0 Å². The Labute approximate surface area is 137 Å². The normalized spacial score (nSPS) is 18.5. The van der Waals surface area contributed by atoms with Crippen molar-refractivity contribution >= 4 is 11.9 Å². The van der Waals surface area contributed by atoms with Gasteiger partial charge in [-0.1, -0.05) is 0 Å². The summed E-state index contributed by atoms with van der Waals surface area (Å²) >= 11 is 0. The van der Waals surface area contributed by atoms with E-state index in [0.717, 1.165) is 18.9 Å². The quantitative estimate of drug-likeness (QED) is 0.620. The number of esters is 1. The van der Waals surface area contributed by atoms with E-state index in [1.807, 2.05) is 0 Å². The number of nitrogens with zero attached hydrogens (tertiary/aromatic N) is 3. The summed E-state index contributed by atoms with van der Waals surface area (Å²) in [6.45, 7) is 3.70. The summed E-state index contributed by atoms with van der Waals surface area (Å²) in [5.74, 6) is -1.10. The molecule has 1 aromatic heterocycles. The minimum Gasteiger partial charge on any atom is -0.466 e. The first-order valence-corrected chi connectivity index (χ1v) is 7.82. The van der Waals surface area contributed by atoms with E-state index in [1.165, 1.54) is 16.5 Å². The van der Waals surface area contributed by atoms with Crippen LogP contribution < -0.4 is 0 Å². The van der Waals surface area contributed by atoms with Gasteiger partial charge in [0.1, 0.15) is 12.6 Å². The van der Waals surface area contributed by atoms with E-state index < -0.39 is 36.3 Å². The highest BCUT2D eigenvalue weighted by molar-refractivity contribution is 5.94. The van der Waals surface area contributed by atoms with Crippen LogP contribution in [0.4, 0.5) is 13.2 Å².